The molecule has 0 atom stereocenters. The lowest BCUT2D eigenvalue weighted by atomic mass is 10.2. The molecule has 0 saturated carbocycles. The molecule has 10 heteroatoms. The molecule has 34 heavy (non-hydrogen) atoms. The predicted octanol–water partition coefficient (Wildman–Crippen LogP) is 4.63. The number of hydrogen-bond acceptors (Lipinski definition) is 6. The summed E-state index contributed by atoms with van der Waals surface area (Å²) in [5.41, 5.74) is 2.15. The Kier molecular flexibility index (Phi) is 7.06. The van der Waals surface area contributed by atoms with Crippen LogP contribution in [0.4, 0.5) is 8.78 Å². The summed E-state index contributed by atoms with van der Waals surface area (Å²) >= 11 is 3.53. The molecule has 0 fully saturated rings. The van der Waals surface area contributed by atoms with E-state index in [0.717, 1.165) is 16.2 Å². The van der Waals surface area contributed by atoms with Crippen LogP contribution in [-0.4, -0.2) is 44.2 Å². The molecule has 2 aliphatic heterocycles. The fourth-order valence-electron chi connectivity index (χ4n) is 3.29. The highest BCUT2D eigenvalue weighted by molar-refractivity contribution is 9.11. The first kappa shape index (κ1) is 23.6. The predicted molar refractivity (Wildman–Crippen MR) is 126 cm³/mol. The Bertz CT molecular complexity index is 1200. The van der Waals surface area contributed by atoms with Gasteiger partial charge in [-0.05, 0) is 41.1 Å². The number of allylic oxidation sites excluding steroid dienone is 2. The molecule has 0 spiro atoms. The summed E-state index contributed by atoms with van der Waals surface area (Å²) in [7, 11) is 1.87. The van der Waals surface area contributed by atoms with Crippen LogP contribution in [0.5, 0.6) is 0 Å². The van der Waals surface area contributed by atoms with Crippen molar-refractivity contribution in [1.82, 2.24) is 24.7 Å². The number of nitrogens with zero attached hydrogens (tertiary/aromatic N) is 5. The minimum Gasteiger partial charge on any atom is -0.488 e. The van der Waals surface area contributed by atoms with Gasteiger partial charge in [0.2, 0.25) is 0 Å². The lowest BCUT2D eigenvalue weighted by molar-refractivity contribution is 0.0858. The van der Waals surface area contributed by atoms with E-state index in [1.165, 1.54) is 23.2 Å². The number of ether oxygens (including phenoxy) is 1. The van der Waals surface area contributed by atoms with Gasteiger partial charge in [0.15, 0.2) is 0 Å². The van der Waals surface area contributed by atoms with E-state index < -0.39 is 11.6 Å². The number of rotatable bonds is 6. The van der Waals surface area contributed by atoms with Crippen LogP contribution in [0.2, 0.25) is 0 Å². The highest BCUT2D eigenvalue weighted by Gasteiger charge is 2.20. The highest BCUT2D eigenvalue weighted by atomic mass is 79.9. The monoisotopic (exact) mass is 529 g/mol. The van der Waals surface area contributed by atoms with Gasteiger partial charge in [0.05, 0.1) is 35.7 Å². The smallest absolute Gasteiger partial charge is 0.282 e. The Morgan fingerprint density at radius 2 is 1.91 bits per heavy atom. The average Bonchev–Trinajstić information content (AvgIpc) is 2.82. The summed E-state index contributed by atoms with van der Waals surface area (Å²) in [5, 5.41) is 0. The van der Waals surface area contributed by atoms with Crippen LogP contribution in [0.1, 0.15) is 28.7 Å². The largest absolute Gasteiger partial charge is 0.488 e. The van der Waals surface area contributed by atoms with Crippen molar-refractivity contribution in [1.29, 1.82) is 0 Å². The Hall–Kier alpha value is -3.53. The average molecular weight is 530 g/mol. The molecular formula is C24H22BrF2N5O2. The van der Waals surface area contributed by atoms with Crippen molar-refractivity contribution in [3.63, 3.8) is 0 Å². The summed E-state index contributed by atoms with van der Waals surface area (Å²) in [6, 6.07) is 3.41. The number of benzene rings is 1. The van der Waals surface area contributed by atoms with Crippen molar-refractivity contribution >= 4 is 21.8 Å². The van der Waals surface area contributed by atoms with E-state index in [-0.39, 0.29) is 23.8 Å². The first-order valence-electron chi connectivity index (χ1n) is 10.4. The van der Waals surface area contributed by atoms with E-state index in [4.69, 9.17) is 4.74 Å². The Labute approximate surface area is 204 Å². The van der Waals surface area contributed by atoms with E-state index >= 15 is 0 Å². The van der Waals surface area contributed by atoms with Crippen molar-refractivity contribution in [3.8, 4) is 0 Å². The van der Waals surface area contributed by atoms with E-state index in [2.05, 4.69) is 30.8 Å². The van der Waals surface area contributed by atoms with E-state index in [1.54, 1.807) is 31.0 Å². The third kappa shape index (κ3) is 5.51. The molecule has 2 aliphatic rings. The second-order valence-corrected chi connectivity index (χ2v) is 8.76. The third-order valence-electron chi connectivity index (χ3n) is 5.27. The third-order valence-corrected chi connectivity index (χ3v) is 5.91. The van der Waals surface area contributed by atoms with Gasteiger partial charge >= 0.3 is 0 Å². The highest BCUT2D eigenvalue weighted by Crippen LogP contribution is 2.27. The molecule has 7 nitrogen and oxygen atoms in total. The van der Waals surface area contributed by atoms with Crippen molar-refractivity contribution in [2.75, 3.05) is 13.6 Å². The summed E-state index contributed by atoms with van der Waals surface area (Å²) in [6.45, 7) is 2.91. The number of halogens is 3. The molecule has 4 rings (SSSR count). The molecule has 176 valence electrons. The summed E-state index contributed by atoms with van der Waals surface area (Å²) in [4.78, 5) is 26.6. The van der Waals surface area contributed by atoms with Gasteiger partial charge in [-0.3, -0.25) is 14.7 Å². The van der Waals surface area contributed by atoms with Crippen LogP contribution < -0.4 is 0 Å². The maximum absolute atomic E-state index is 13.9. The number of aromatic nitrogens is 2. The fraction of sp³-hybridized carbons (Fsp3) is 0.208. The first-order chi connectivity index (χ1) is 16.3. The zero-order valence-corrected chi connectivity index (χ0v) is 20.2. The first-order valence-corrected chi connectivity index (χ1v) is 11.2. The SMILES string of the molecule is CC1=CC(OCc2ccc(F)cc2F)=C(Br)CN1Cc1cnc(C(=O)N2C=CN(C)C=C2)cn1. The molecule has 2 aromatic rings. The van der Waals surface area contributed by atoms with Crippen LogP contribution >= 0.6 is 15.9 Å². The molecule has 1 amide bonds. The molecule has 1 aromatic heterocycles. The van der Waals surface area contributed by atoms with Gasteiger partial charge in [-0.25, -0.2) is 13.8 Å². The molecule has 0 radical (unpaired) electrons. The molecule has 0 N–H and O–H groups in total. The fourth-order valence-corrected chi connectivity index (χ4v) is 3.82. The zero-order chi connectivity index (χ0) is 24.2. The lowest BCUT2D eigenvalue weighted by Gasteiger charge is -2.29. The molecular weight excluding hydrogens is 508 g/mol. The zero-order valence-electron chi connectivity index (χ0n) is 18.6. The number of carbonyl (C=O) groups is 1. The lowest BCUT2D eigenvalue weighted by Crippen LogP contribution is -2.27. The van der Waals surface area contributed by atoms with Crippen LogP contribution in [-0.2, 0) is 17.9 Å². The Balaban J connectivity index is 1.36. The molecule has 0 bridgehead atoms. The Morgan fingerprint density at radius 3 is 2.59 bits per heavy atom. The van der Waals surface area contributed by atoms with Gasteiger partial charge in [0, 0.05) is 49.2 Å². The quantitative estimate of drug-likeness (QED) is 0.543. The van der Waals surface area contributed by atoms with E-state index in [9.17, 15) is 13.6 Å². The van der Waals surface area contributed by atoms with Crippen molar-refractivity contribution in [2.24, 2.45) is 0 Å². The van der Waals surface area contributed by atoms with Gasteiger partial charge in [-0.15, -0.1) is 0 Å². The van der Waals surface area contributed by atoms with Gasteiger partial charge in [-0.1, -0.05) is 0 Å². The summed E-state index contributed by atoms with van der Waals surface area (Å²) < 4.78 is 33.5. The van der Waals surface area contributed by atoms with Gasteiger partial charge < -0.3 is 14.5 Å². The van der Waals surface area contributed by atoms with Gasteiger partial charge in [-0.2, -0.15) is 0 Å². The number of carbonyl (C=O) groups excluding carboxylic acids is 1. The van der Waals surface area contributed by atoms with Crippen molar-refractivity contribution in [2.45, 2.75) is 20.1 Å². The molecule has 1 aromatic carbocycles. The second kappa shape index (κ2) is 10.2. The standard InChI is InChI=1S/C24H22BrF2N5O2/c1-16-9-23(34-15-17-3-4-18(26)10-21(17)27)20(25)14-32(16)13-19-11-29-22(12-28-19)24(33)31-7-5-30(2)6-8-31/h3-12H,13-15H2,1-2H3. The molecule has 0 saturated heterocycles. The van der Waals surface area contributed by atoms with Crippen LogP contribution in [0.15, 0.2) is 77.4 Å². The minimum atomic E-state index is -0.643. The topological polar surface area (TPSA) is 61.8 Å². The molecule has 3 heterocycles. The number of hydrogen-bond donors (Lipinski definition) is 0. The summed E-state index contributed by atoms with van der Waals surface area (Å²) in [6.07, 6.45) is 11.8. The van der Waals surface area contributed by atoms with Gasteiger partial charge in [0.1, 0.15) is 29.7 Å². The second-order valence-electron chi connectivity index (χ2n) is 7.80. The van der Waals surface area contributed by atoms with Crippen molar-refractivity contribution in [3.05, 3.63) is 106 Å². The number of amides is 1. The van der Waals surface area contributed by atoms with Crippen LogP contribution in [0.25, 0.3) is 0 Å². The normalized spacial score (nSPS) is 15.7. The van der Waals surface area contributed by atoms with Crippen molar-refractivity contribution < 1.29 is 18.3 Å². The van der Waals surface area contributed by atoms with E-state index in [1.807, 2.05) is 24.9 Å². The van der Waals surface area contributed by atoms with E-state index in [0.29, 0.717) is 24.5 Å². The molecule has 0 unspecified atom stereocenters. The Morgan fingerprint density at radius 1 is 1.15 bits per heavy atom. The molecule has 0 aliphatic carbocycles. The maximum Gasteiger partial charge on any atom is 0.282 e. The summed E-state index contributed by atoms with van der Waals surface area (Å²) in [5.74, 6) is -0.953. The van der Waals surface area contributed by atoms with Crippen LogP contribution in [0.3, 0.4) is 0 Å². The minimum absolute atomic E-state index is 0.0149. The van der Waals surface area contributed by atoms with Crippen LogP contribution in [0, 0.1) is 11.6 Å². The van der Waals surface area contributed by atoms with Gasteiger partial charge in [0.25, 0.3) is 5.91 Å². The maximum atomic E-state index is 13.9.